The van der Waals surface area contributed by atoms with Gasteiger partial charge in [-0.3, -0.25) is 0 Å². The molecular weight excluding hydrogens is 859 g/mol. The van der Waals surface area contributed by atoms with E-state index >= 15 is 0 Å². The third-order valence-electron chi connectivity index (χ3n) is 13.4. The third-order valence-corrected chi connectivity index (χ3v) is 13.4. The summed E-state index contributed by atoms with van der Waals surface area (Å²) in [4.78, 5) is 12.7. The van der Waals surface area contributed by atoms with E-state index in [2.05, 4.69) is 278 Å². The molecule has 0 atom stereocenters. The zero-order chi connectivity index (χ0) is 47.3. The Morgan fingerprint density at radius 1 is 0.225 bits per heavy atom. The molecule has 0 aliphatic heterocycles. The van der Waals surface area contributed by atoms with Crippen LogP contribution in [0.15, 0.2) is 285 Å². The van der Waals surface area contributed by atoms with Crippen LogP contribution < -0.4 is 4.90 Å². The Morgan fingerprint density at radius 3 is 0.915 bits per heavy atom. The maximum atomic E-state index is 5.20. The Balaban J connectivity index is 0.854. The van der Waals surface area contributed by atoms with Crippen LogP contribution in [0.5, 0.6) is 0 Å². The van der Waals surface area contributed by atoms with Gasteiger partial charge in [0.25, 0.3) is 0 Å². The van der Waals surface area contributed by atoms with Crippen LogP contribution in [-0.4, -0.2) is 9.97 Å². The first-order valence-electron chi connectivity index (χ1n) is 24.1. The highest BCUT2D eigenvalue weighted by atomic mass is 15.1. The predicted octanol–water partition coefficient (Wildman–Crippen LogP) is 18.4. The van der Waals surface area contributed by atoms with Gasteiger partial charge in [0.15, 0.2) is 5.82 Å². The zero-order valence-corrected chi connectivity index (χ0v) is 39.0. The number of hydrogen-bond acceptors (Lipinski definition) is 3. The van der Waals surface area contributed by atoms with Crippen LogP contribution in [-0.2, 0) is 0 Å². The first-order valence-corrected chi connectivity index (χ1v) is 24.1. The number of aromatic nitrogens is 2. The Bertz CT molecular complexity index is 3620. The van der Waals surface area contributed by atoms with E-state index in [0.717, 1.165) is 61.8 Å². The summed E-state index contributed by atoms with van der Waals surface area (Å²) >= 11 is 0. The van der Waals surface area contributed by atoms with Gasteiger partial charge in [-0.2, -0.15) is 0 Å². The molecule has 1 heterocycles. The number of fused-ring (bicyclic) bond motifs is 1. The molecule has 0 aliphatic carbocycles. The lowest BCUT2D eigenvalue weighted by atomic mass is 9.99. The Morgan fingerprint density at radius 2 is 0.521 bits per heavy atom. The van der Waals surface area contributed by atoms with Crippen LogP contribution in [0.3, 0.4) is 0 Å². The van der Waals surface area contributed by atoms with Gasteiger partial charge in [-0.05, 0) is 97.4 Å². The topological polar surface area (TPSA) is 29.0 Å². The third kappa shape index (κ3) is 9.04. The fourth-order valence-electron chi connectivity index (χ4n) is 9.53. The number of rotatable bonds is 11. The van der Waals surface area contributed by atoms with E-state index in [1.54, 1.807) is 0 Å². The first-order chi connectivity index (χ1) is 35.2. The molecule has 1 aromatic heterocycles. The lowest BCUT2D eigenvalue weighted by Crippen LogP contribution is -2.10. The average molecular weight is 906 g/mol. The monoisotopic (exact) mass is 905 g/mol. The Labute approximate surface area is 415 Å². The second-order valence-corrected chi connectivity index (χ2v) is 17.8. The molecule has 0 saturated heterocycles. The van der Waals surface area contributed by atoms with E-state index in [0.29, 0.717) is 5.82 Å². The number of benzene rings is 11. The van der Waals surface area contributed by atoms with Crippen LogP contribution in [0, 0.1) is 0 Å². The molecule has 0 saturated carbocycles. The molecule has 0 radical (unpaired) electrons. The highest BCUT2D eigenvalue weighted by Gasteiger charge is 2.17. The van der Waals surface area contributed by atoms with Crippen molar-refractivity contribution in [3.63, 3.8) is 0 Å². The van der Waals surface area contributed by atoms with Gasteiger partial charge in [0.1, 0.15) is 0 Å². The van der Waals surface area contributed by atoms with Crippen molar-refractivity contribution in [1.29, 1.82) is 0 Å². The van der Waals surface area contributed by atoms with Gasteiger partial charge in [-0.25, -0.2) is 9.97 Å². The van der Waals surface area contributed by atoms with Gasteiger partial charge in [0, 0.05) is 33.5 Å². The van der Waals surface area contributed by atoms with E-state index in [1.165, 1.54) is 49.7 Å². The standard InChI is InChI=1S/C68H47N3/c1-4-13-48(14-5-1)51-23-25-54(26-24-51)56-39-43-62(44-40-56)71(67-22-12-20-58-19-10-11-21-64(58)67)63-45-41-57(42-46-63)55-29-35-60(36-30-55)66-47-65(59-33-27-52(28-34-59)49-15-6-2-7-16-49)69-68(70-66)61-37-31-53(32-38-61)50-17-8-3-9-18-50/h1-47H. The van der Waals surface area contributed by atoms with Gasteiger partial charge in [-0.15, -0.1) is 0 Å². The maximum Gasteiger partial charge on any atom is 0.160 e. The SMILES string of the molecule is c1ccc(-c2ccc(-c3ccc(N(c4ccc(-c5ccc(-c6cc(-c7ccc(-c8ccccc8)cc7)nc(-c7ccc(-c8ccccc8)cc7)n6)cc5)cc4)c4cccc5ccccc45)cc3)cc2)cc1. The van der Waals surface area contributed by atoms with E-state index in [-0.39, 0.29) is 0 Å². The normalized spacial score (nSPS) is 11.1. The molecule has 3 nitrogen and oxygen atoms in total. The van der Waals surface area contributed by atoms with Crippen molar-refractivity contribution in [2.75, 3.05) is 4.90 Å². The van der Waals surface area contributed by atoms with Crippen LogP contribution in [0.4, 0.5) is 17.1 Å². The molecular formula is C68H47N3. The Hall–Kier alpha value is -9.44. The summed E-state index contributed by atoms with van der Waals surface area (Å²) in [5, 5.41) is 2.39. The van der Waals surface area contributed by atoms with E-state index in [1.807, 2.05) is 12.1 Å². The molecule has 3 heteroatoms. The summed E-state index contributed by atoms with van der Waals surface area (Å²) in [6.07, 6.45) is 0. The first kappa shape index (κ1) is 42.9. The largest absolute Gasteiger partial charge is 0.310 e. The fraction of sp³-hybridized carbons (Fsp3) is 0. The molecule has 0 bridgehead atoms. The summed E-state index contributed by atoms with van der Waals surface area (Å²) in [6, 6.07) is 101. The number of hydrogen-bond donors (Lipinski definition) is 0. The van der Waals surface area contributed by atoms with Crippen molar-refractivity contribution in [2.45, 2.75) is 0 Å². The van der Waals surface area contributed by atoms with Crippen LogP contribution in [0.2, 0.25) is 0 Å². The second kappa shape index (κ2) is 19.3. The van der Waals surface area contributed by atoms with Gasteiger partial charge in [-0.1, -0.05) is 249 Å². The van der Waals surface area contributed by atoms with Crippen LogP contribution in [0.1, 0.15) is 0 Å². The minimum Gasteiger partial charge on any atom is -0.310 e. The van der Waals surface area contributed by atoms with Crippen molar-refractivity contribution in [2.24, 2.45) is 0 Å². The summed E-state index contributed by atoms with van der Waals surface area (Å²) in [6.45, 7) is 0. The predicted molar refractivity (Wildman–Crippen MR) is 298 cm³/mol. The van der Waals surface area contributed by atoms with Crippen molar-refractivity contribution in [1.82, 2.24) is 9.97 Å². The Kier molecular flexibility index (Phi) is 11.6. The lowest BCUT2D eigenvalue weighted by Gasteiger charge is -2.27. The van der Waals surface area contributed by atoms with E-state index in [9.17, 15) is 0 Å². The summed E-state index contributed by atoms with van der Waals surface area (Å²) in [5.41, 5.74) is 19.8. The molecule has 71 heavy (non-hydrogen) atoms. The number of nitrogens with zero attached hydrogens (tertiary/aromatic N) is 3. The van der Waals surface area contributed by atoms with Gasteiger partial charge < -0.3 is 4.90 Å². The van der Waals surface area contributed by atoms with Crippen molar-refractivity contribution in [3.8, 4) is 89.5 Å². The summed E-state index contributed by atoms with van der Waals surface area (Å²) < 4.78 is 0. The lowest BCUT2D eigenvalue weighted by molar-refractivity contribution is 1.18. The van der Waals surface area contributed by atoms with Gasteiger partial charge in [0.2, 0.25) is 0 Å². The number of anilines is 3. The fourth-order valence-corrected chi connectivity index (χ4v) is 9.53. The molecule has 0 amide bonds. The molecule has 11 aromatic carbocycles. The van der Waals surface area contributed by atoms with Gasteiger partial charge in [0.05, 0.1) is 17.1 Å². The van der Waals surface area contributed by atoms with E-state index in [4.69, 9.17) is 9.97 Å². The zero-order valence-electron chi connectivity index (χ0n) is 39.0. The maximum absolute atomic E-state index is 5.20. The smallest absolute Gasteiger partial charge is 0.160 e. The molecule has 0 unspecified atom stereocenters. The molecule has 12 aromatic rings. The van der Waals surface area contributed by atoms with Crippen LogP contribution in [0.25, 0.3) is 100 Å². The molecule has 0 spiro atoms. The van der Waals surface area contributed by atoms with Crippen LogP contribution >= 0.6 is 0 Å². The van der Waals surface area contributed by atoms with Crippen molar-refractivity contribution < 1.29 is 0 Å². The molecule has 334 valence electrons. The molecule has 0 fully saturated rings. The molecule has 12 rings (SSSR count). The molecule has 0 N–H and O–H groups in total. The second-order valence-electron chi connectivity index (χ2n) is 17.8. The highest BCUT2D eigenvalue weighted by Crippen LogP contribution is 2.41. The minimum absolute atomic E-state index is 0.687. The van der Waals surface area contributed by atoms with Crippen molar-refractivity contribution >= 4 is 27.8 Å². The van der Waals surface area contributed by atoms with Crippen molar-refractivity contribution in [3.05, 3.63) is 285 Å². The summed E-state index contributed by atoms with van der Waals surface area (Å²) in [7, 11) is 0. The highest BCUT2D eigenvalue weighted by molar-refractivity contribution is 5.99. The summed E-state index contributed by atoms with van der Waals surface area (Å²) in [5.74, 6) is 0.687. The molecule has 0 aliphatic rings. The average Bonchev–Trinajstić information content (AvgIpc) is 3.46. The van der Waals surface area contributed by atoms with Gasteiger partial charge >= 0.3 is 0 Å². The minimum atomic E-state index is 0.687. The van der Waals surface area contributed by atoms with E-state index < -0.39 is 0 Å². The quantitative estimate of drug-likeness (QED) is 0.129.